The molecule has 0 aliphatic carbocycles. The van der Waals surface area contributed by atoms with Gasteiger partial charge in [0.15, 0.2) is 0 Å². The normalized spacial score (nSPS) is 12.0. The molecule has 0 bridgehead atoms. The van der Waals surface area contributed by atoms with Crippen molar-refractivity contribution >= 4 is 0 Å². The first kappa shape index (κ1) is 17.8. The zero-order chi connectivity index (χ0) is 13.8. The fourth-order valence-electron chi connectivity index (χ4n) is 1.67. The molecule has 0 aliphatic heterocycles. The number of rotatable bonds is 12. The monoisotopic (exact) mass is 263 g/mol. The minimum atomic E-state index is 0.160. The lowest BCUT2D eigenvalue weighted by molar-refractivity contribution is 0.147. The van der Waals surface area contributed by atoms with Crippen LogP contribution in [-0.4, -0.2) is 110 Å². The zero-order valence-electron chi connectivity index (χ0n) is 11.8. The first-order chi connectivity index (χ1) is 8.63. The smallest absolute Gasteiger partial charge is 0.0558 e. The maximum Gasteiger partial charge on any atom is 0.0558 e. The van der Waals surface area contributed by atoms with Crippen LogP contribution < -0.4 is 0 Å². The van der Waals surface area contributed by atoms with Gasteiger partial charge < -0.3 is 25.1 Å². The van der Waals surface area contributed by atoms with E-state index in [2.05, 4.69) is 14.7 Å². The van der Waals surface area contributed by atoms with Crippen molar-refractivity contribution in [2.24, 2.45) is 0 Å². The molecule has 110 valence electrons. The lowest BCUT2D eigenvalue weighted by Gasteiger charge is -2.26. The van der Waals surface area contributed by atoms with Crippen LogP contribution in [0.15, 0.2) is 0 Å². The van der Waals surface area contributed by atoms with Gasteiger partial charge in [-0.2, -0.15) is 0 Å². The molecule has 0 spiro atoms. The van der Waals surface area contributed by atoms with Gasteiger partial charge in [-0.15, -0.1) is 0 Å². The van der Waals surface area contributed by atoms with E-state index in [9.17, 15) is 0 Å². The summed E-state index contributed by atoms with van der Waals surface area (Å²) in [6.07, 6.45) is 0. The third-order valence-electron chi connectivity index (χ3n) is 2.98. The van der Waals surface area contributed by atoms with E-state index in [0.29, 0.717) is 19.6 Å². The highest BCUT2D eigenvalue weighted by molar-refractivity contribution is 4.63. The van der Waals surface area contributed by atoms with Crippen molar-refractivity contribution < 1.29 is 15.3 Å². The van der Waals surface area contributed by atoms with Crippen molar-refractivity contribution in [3.05, 3.63) is 0 Å². The van der Waals surface area contributed by atoms with Gasteiger partial charge in [0.05, 0.1) is 19.8 Å². The molecule has 0 aromatic heterocycles. The molecule has 0 atom stereocenters. The first-order valence-corrected chi connectivity index (χ1v) is 6.56. The third kappa shape index (κ3) is 9.76. The molecule has 0 saturated heterocycles. The van der Waals surface area contributed by atoms with Crippen molar-refractivity contribution in [2.75, 3.05) is 79.7 Å². The Morgan fingerprint density at radius 3 is 1.28 bits per heavy atom. The minimum Gasteiger partial charge on any atom is -0.395 e. The average Bonchev–Trinajstić information content (AvgIpc) is 2.33. The van der Waals surface area contributed by atoms with E-state index in [1.807, 2.05) is 14.1 Å². The van der Waals surface area contributed by atoms with Crippen LogP contribution >= 0.6 is 0 Å². The van der Waals surface area contributed by atoms with Crippen LogP contribution in [0.25, 0.3) is 0 Å². The standard InChI is InChI=1S/C12H29N3O3/c1-13(7-10-16)3-5-15(9-12-18)6-4-14(2)8-11-17/h16-18H,3-12H2,1-2H3. The predicted octanol–water partition coefficient (Wildman–Crippen LogP) is -1.87. The van der Waals surface area contributed by atoms with Crippen molar-refractivity contribution in [2.45, 2.75) is 0 Å². The van der Waals surface area contributed by atoms with Gasteiger partial charge in [0, 0.05) is 45.8 Å². The van der Waals surface area contributed by atoms with E-state index in [0.717, 1.165) is 26.2 Å². The molecule has 18 heavy (non-hydrogen) atoms. The summed E-state index contributed by atoms with van der Waals surface area (Å²) in [7, 11) is 3.95. The predicted molar refractivity (Wildman–Crippen MR) is 72.7 cm³/mol. The number of nitrogens with zero attached hydrogens (tertiary/aromatic N) is 3. The molecule has 6 nitrogen and oxygen atoms in total. The number of aliphatic hydroxyl groups is 3. The van der Waals surface area contributed by atoms with E-state index >= 15 is 0 Å². The maximum atomic E-state index is 9.03. The van der Waals surface area contributed by atoms with E-state index in [-0.39, 0.29) is 19.8 Å². The van der Waals surface area contributed by atoms with Gasteiger partial charge in [-0.25, -0.2) is 0 Å². The molecular formula is C12H29N3O3. The molecular weight excluding hydrogens is 234 g/mol. The Hall–Kier alpha value is -0.240. The summed E-state index contributed by atoms with van der Waals surface area (Å²) < 4.78 is 0. The van der Waals surface area contributed by atoms with E-state index in [4.69, 9.17) is 15.3 Å². The summed E-state index contributed by atoms with van der Waals surface area (Å²) in [6, 6.07) is 0. The summed E-state index contributed by atoms with van der Waals surface area (Å²) in [4.78, 5) is 6.34. The highest BCUT2D eigenvalue weighted by atomic mass is 16.3. The summed E-state index contributed by atoms with van der Waals surface area (Å²) >= 11 is 0. The van der Waals surface area contributed by atoms with Gasteiger partial charge in [-0.1, -0.05) is 0 Å². The van der Waals surface area contributed by atoms with Gasteiger partial charge in [-0.3, -0.25) is 4.90 Å². The summed E-state index contributed by atoms with van der Waals surface area (Å²) in [5, 5.41) is 26.7. The Balaban J connectivity index is 3.83. The molecule has 0 aromatic rings. The minimum absolute atomic E-state index is 0.160. The quantitative estimate of drug-likeness (QED) is 0.383. The Morgan fingerprint density at radius 1 is 0.556 bits per heavy atom. The van der Waals surface area contributed by atoms with Crippen LogP contribution in [0.2, 0.25) is 0 Å². The summed E-state index contributed by atoms with van der Waals surface area (Å²) in [6.45, 7) is 6.05. The highest BCUT2D eigenvalue weighted by Gasteiger charge is 2.07. The maximum absolute atomic E-state index is 9.03. The molecule has 0 radical (unpaired) electrons. The van der Waals surface area contributed by atoms with Crippen molar-refractivity contribution in [3.8, 4) is 0 Å². The van der Waals surface area contributed by atoms with Crippen LogP contribution in [0.1, 0.15) is 0 Å². The Bertz CT molecular complexity index is 168. The van der Waals surface area contributed by atoms with E-state index < -0.39 is 0 Å². The molecule has 0 aliphatic rings. The lowest BCUT2D eigenvalue weighted by Crippen LogP contribution is -2.40. The zero-order valence-corrected chi connectivity index (χ0v) is 11.8. The third-order valence-corrected chi connectivity index (χ3v) is 2.98. The largest absolute Gasteiger partial charge is 0.395 e. The average molecular weight is 263 g/mol. The molecule has 0 aromatic carbocycles. The fraction of sp³-hybridized carbons (Fsp3) is 1.00. The molecule has 0 rings (SSSR count). The van der Waals surface area contributed by atoms with E-state index in [1.54, 1.807) is 0 Å². The van der Waals surface area contributed by atoms with Gasteiger partial charge in [-0.05, 0) is 14.1 Å². The van der Waals surface area contributed by atoms with Gasteiger partial charge in [0.1, 0.15) is 0 Å². The number of hydrogen-bond acceptors (Lipinski definition) is 6. The highest BCUT2D eigenvalue weighted by Crippen LogP contribution is 1.92. The Kier molecular flexibility index (Phi) is 11.7. The van der Waals surface area contributed by atoms with Gasteiger partial charge in [0.2, 0.25) is 0 Å². The molecule has 0 saturated carbocycles. The van der Waals surface area contributed by atoms with Gasteiger partial charge in [0.25, 0.3) is 0 Å². The topological polar surface area (TPSA) is 70.4 Å². The van der Waals surface area contributed by atoms with Crippen molar-refractivity contribution in [3.63, 3.8) is 0 Å². The molecule has 0 amide bonds. The number of likely N-dealkylation sites (N-methyl/N-ethyl adjacent to an activating group) is 2. The molecule has 6 heteroatoms. The Morgan fingerprint density at radius 2 is 0.944 bits per heavy atom. The molecule has 0 heterocycles. The second-order valence-corrected chi connectivity index (χ2v) is 4.62. The fourth-order valence-corrected chi connectivity index (χ4v) is 1.67. The molecule has 0 unspecified atom stereocenters. The second-order valence-electron chi connectivity index (χ2n) is 4.62. The molecule has 0 fully saturated rings. The summed E-state index contributed by atoms with van der Waals surface area (Å²) in [5.41, 5.74) is 0. The second kappa shape index (κ2) is 11.8. The van der Waals surface area contributed by atoms with E-state index in [1.165, 1.54) is 0 Å². The van der Waals surface area contributed by atoms with Crippen molar-refractivity contribution in [1.82, 2.24) is 14.7 Å². The van der Waals surface area contributed by atoms with Gasteiger partial charge >= 0.3 is 0 Å². The number of aliphatic hydroxyl groups excluding tert-OH is 3. The lowest BCUT2D eigenvalue weighted by atomic mass is 10.4. The van der Waals surface area contributed by atoms with Crippen molar-refractivity contribution in [1.29, 1.82) is 0 Å². The summed E-state index contributed by atoms with van der Waals surface area (Å²) in [5.74, 6) is 0. The number of hydrogen-bond donors (Lipinski definition) is 3. The molecule has 3 N–H and O–H groups in total. The van der Waals surface area contributed by atoms with Crippen LogP contribution in [-0.2, 0) is 0 Å². The SMILES string of the molecule is CN(CCO)CCN(CCO)CCN(C)CCO. The van der Waals surface area contributed by atoms with Crippen LogP contribution in [0.5, 0.6) is 0 Å². The van der Waals surface area contributed by atoms with Crippen LogP contribution in [0.3, 0.4) is 0 Å². The first-order valence-electron chi connectivity index (χ1n) is 6.56. The van der Waals surface area contributed by atoms with Crippen LogP contribution in [0.4, 0.5) is 0 Å². The van der Waals surface area contributed by atoms with Crippen LogP contribution in [0, 0.1) is 0 Å². The Labute approximate surface area is 110 Å².